The largest absolute Gasteiger partial charge is 0.378 e. The number of nitrogens with zero attached hydrogens (tertiary/aromatic N) is 3. The van der Waals surface area contributed by atoms with Crippen molar-refractivity contribution in [3.63, 3.8) is 0 Å². The molecule has 3 heterocycles. The molecule has 6 nitrogen and oxygen atoms in total. The molecule has 0 saturated carbocycles. The Kier molecular flexibility index (Phi) is 6.61. The van der Waals surface area contributed by atoms with Crippen molar-refractivity contribution in [2.24, 2.45) is 0 Å². The molecule has 1 aliphatic rings. The minimum atomic E-state index is -0.257. The number of thiophene rings is 1. The van der Waals surface area contributed by atoms with Crippen molar-refractivity contribution in [2.75, 3.05) is 36.5 Å². The van der Waals surface area contributed by atoms with E-state index < -0.39 is 0 Å². The monoisotopic (exact) mass is 548 g/mol. The van der Waals surface area contributed by atoms with Gasteiger partial charge in [-0.25, -0.2) is 4.68 Å². The second kappa shape index (κ2) is 10.2. The molecule has 0 radical (unpaired) electrons. The number of rotatable bonds is 5. The van der Waals surface area contributed by atoms with Crippen LogP contribution in [-0.2, 0) is 4.74 Å². The molecule has 1 amide bonds. The van der Waals surface area contributed by atoms with Crippen LogP contribution in [0.25, 0.3) is 27.2 Å². The Morgan fingerprint density at radius 1 is 0.892 bits per heavy atom. The number of nitrogens with one attached hydrogen (secondary N) is 1. The van der Waals surface area contributed by atoms with Gasteiger partial charge in [0.15, 0.2) is 0 Å². The zero-order valence-corrected chi connectivity index (χ0v) is 22.0. The Morgan fingerprint density at radius 3 is 2.30 bits per heavy atom. The Balaban J connectivity index is 1.36. The van der Waals surface area contributed by atoms with Gasteiger partial charge in [0.25, 0.3) is 5.91 Å². The van der Waals surface area contributed by atoms with Gasteiger partial charge in [0, 0.05) is 35.1 Å². The van der Waals surface area contributed by atoms with Crippen LogP contribution >= 0.6 is 34.5 Å². The quantitative estimate of drug-likeness (QED) is 0.253. The minimum absolute atomic E-state index is 0.257. The molecule has 5 aromatic rings. The lowest BCUT2D eigenvalue weighted by Gasteiger charge is -2.28. The first kappa shape index (κ1) is 24.0. The summed E-state index contributed by atoms with van der Waals surface area (Å²) in [6, 6.07) is 25.1. The first-order valence-corrected chi connectivity index (χ1v) is 13.4. The summed E-state index contributed by atoms with van der Waals surface area (Å²) in [6.07, 6.45) is 0. The Labute approximate surface area is 228 Å². The van der Waals surface area contributed by atoms with E-state index in [1.165, 1.54) is 11.3 Å². The molecule has 186 valence electrons. The summed E-state index contributed by atoms with van der Waals surface area (Å²) in [6.45, 7) is 3.16. The number of hydrogen-bond donors (Lipinski definition) is 1. The molecule has 1 fully saturated rings. The number of carbonyl (C=O) groups excluding carboxylic acids is 1. The molecular formula is C28H22Cl2N4O2S. The summed E-state index contributed by atoms with van der Waals surface area (Å²) in [5.74, 6) is -0.257. The summed E-state index contributed by atoms with van der Waals surface area (Å²) < 4.78 is 7.27. The van der Waals surface area contributed by atoms with E-state index in [2.05, 4.69) is 10.2 Å². The van der Waals surface area contributed by atoms with Crippen molar-refractivity contribution in [3.8, 4) is 16.9 Å². The number of anilines is 2. The molecule has 37 heavy (non-hydrogen) atoms. The molecule has 0 atom stereocenters. The highest BCUT2D eigenvalue weighted by Crippen LogP contribution is 2.42. The van der Waals surface area contributed by atoms with Gasteiger partial charge >= 0.3 is 0 Å². The highest BCUT2D eigenvalue weighted by atomic mass is 35.5. The summed E-state index contributed by atoms with van der Waals surface area (Å²) >= 11 is 14.3. The van der Waals surface area contributed by atoms with E-state index in [9.17, 15) is 4.79 Å². The van der Waals surface area contributed by atoms with Crippen molar-refractivity contribution in [1.29, 1.82) is 0 Å². The summed E-state index contributed by atoms with van der Waals surface area (Å²) in [5.41, 5.74) is 4.27. The Bertz CT molecular complexity index is 1560. The molecule has 1 saturated heterocycles. The number of para-hydroxylation sites is 1. The predicted molar refractivity (Wildman–Crippen MR) is 152 cm³/mol. The van der Waals surface area contributed by atoms with Gasteiger partial charge in [-0.15, -0.1) is 11.3 Å². The minimum Gasteiger partial charge on any atom is -0.378 e. The Morgan fingerprint density at radius 2 is 1.59 bits per heavy atom. The molecule has 0 spiro atoms. The number of morpholine rings is 1. The zero-order chi connectivity index (χ0) is 25.4. The lowest BCUT2D eigenvalue weighted by atomic mass is 10.1. The van der Waals surface area contributed by atoms with Crippen LogP contribution < -0.4 is 10.2 Å². The van der Waals surface area contributed by atoms with Crippen LogP contribution in [0.1, 0.15) is 9.67 Å². The van der Waals surface area contributed by atoms with Crippen LogP contribution in [0.3, 0.4) is 0 Å². The van der Waals surface area contributed by atoms with E-state index in [4.69, 9.17) is 33.0 Å². The standard InChI is InChI=1S/C28H22Cl2N4O2S/c29-19-8-6-18(7-9-19)25-23-24(30)26(37-28(23)34(32-25)22-4-2-1-3-5-22)27(35)31-20-10-12-21(13-11-20)33-14-16-36-17-15-33/h1-13H,14-17H2,(H,31,35). The molecule has 1 N–H and O–H groups in total. The first-order valence-electron chi connectivity index (χ1n) is 11.8. The topological polar surface area (TPSA) is 59.4 Å². The fraction of sp³-hybridized carbons (Fsp3) is 0.143. The van der Waals surface area contributed by atoms with E-state index in [0.29, 0.717) is 26.3 Å². The number of hydrogen-bond acceptors (Lipinski definition) is 5. The van der Waals surface area contributed by atoms with E-state index in [-0.39, 0.29) is 5.91 Å². The van der Waals surface area contributed by atoms with Crippen LogP contribution in [0.15, 0.2) is 78.9 Å². The number of halogens is 2. The second-order valence-corrected chi connectivity index (χ2v) is 10.4. The maximum atomic E-state index is 13.4. The molecule has 3 aromatic carbocycles. The molecule has 1 aliphatic heterocycles. The van der Waals surface area contributed by atoms with Gasteiger partial charge in [-0.3, -0.25) is 4.79 Å². The van der Waals surface area contributed by atoms with Gasteiger partial charge in [0.2, 0.25) is 0 Å². The van der Waals surface area contributed by atoms with Gasteiger partial charge < -0.3 is 15.0 Å². The molecule has 0 unspecified atom stereocenters. The van der Waals surface area contributed by atoms with Crippen molar-refractivity contribution in [3.05, 3.63) is 93.8 Å². The summed E-state index contributed by atoms with van der Waals surface area (Å²) in [4.78, 5) is 16.9. The van der Waals surface area contributed by atoms with Gasteiger partial charge in [-0.1, -0.05) is 53.5 Å². The summed E-state index contributed by atoms with van der Waals surface area (Å²) in [5, 5.41) is 9.64. The van der Waals surface area contributed by atoms with Crippen LogP contribution in [0, 0.1) is 0 Å². The van der Waals surface area contributed by atoms with Crippen LogP contribution in [0.4, 0.5) is 11.4 Å². The van der Waals surface area contributed by atoms with E-state index >= 15 is 0 Å². The lowest BCUT2D eigenvalue weighted by Crippen LogP contribution is -2.36. The molecule has 0 aliphatic carbocycles. The third kappa shape index (κ3) is 4.71. The van der Waals surface area contributed by atoms with Gasteiger partial charge in [0.1, 0.15) is 15.4 Å². The number of amides is 1. The molecule has 0 bridgehead atoms. The molecule has 9 heteroatoms. The third-order valence-electron chi connectivity index (χ3n) is 6.29. The van der Waals surface area contributed by atoms with Crippen molar-refractivity contribution in [2.45, 2.75) is 0 Å². The smallest absolute Gasteiger partial charge is 0.267 e. The van der Waals surface area contributed by atoms with E-state index in [1.807, 2.05) is 83.5 Å². The number of aromatic nitrogens is 2. The predicted octanol–water partition coefficient (Wildman–Crippen LogP) is 7.15. The second-order valence-electron chi connectivity index (χ2n) is 8.63. The fourth-order valence-electron chi connectivity index (χ4n) is 4.41. The van der Waals surface area contributed by atoms with Crippen molar-refractivity contribution >= 4 is 62.0 Å². The van der Waals surface area contributed by atoms with Crippen molar-refractivity contribution in [1.82, 2.24) is 9.78 Å². The number of ether oxygens (including phenoxy) is 1. The van der Waals surface area contributed by atoms with Crippen molar-refractivity contribution < 1.29 is 9.53 Å². The molecule has 2 aromatic heterocycles. The fourth-order valence-corrected chi connectivity index (χ4v) is 6.04. The highest BCUT2D eigenvalue weighted by Gasteiger charge is 2.25. The normalized spacial score (nSPS) is 13.7. The first-order chi connectivity index (χ1) is 18.1. The SMILES string of the molecule is O=C(Nc1ccc(N2CCOCC2)cc1)c1sc2c(c(-c3ccc(Cl)cc3)nn2-c2ccccc2)c1Cl. The average Bonchev–Trinajstić information content (AvgIpc) is 3.48. The lowest BCUT2D eigenvalue weighted by molar-refractivity contribution is 0.103. The van der Waals surface area contributed by atoms with Crippen LogP contribution in [0.5, 0.6) is 0 Å². The zero-order valence-electron chi connectivity index (χ0n) is 19.7. The maximum absolute atomic E-state index is 13.4. The number of fused-ring (bicyclic) bond motifs is 1. The molecular weight excluding hydrogens is 527 g/mol. The highest BCUT2D eigenvalue weighted by molar-refractivity contribution is 7.21. The van der Waals surface area contributed by atoms with E-state index in [1.54, 1.807) is 0 Å². The summed E-state index contributed by atoms with van der Waals surface area (Å²) in [7, 11) is 0. The van der Waals surface area contributed by atoms with E-state index in [0.717, 1.165) is 53.5 Å². The maximum Gasteiger partial charge on any atom is 0.267 e. The Hall–Kier alpha value is -3.36. The van der Waals surface area contributed by atoms with Gasteiger partial charge in [-0.05, 0) is 48.5 Å². The third-order valence-corrected chi connectivity index (χ3v) is 8.19. The number of benzene rings is 3. The average molecular weight is 549 g/mol. The van der Waals surface area contributed by atoms with Gasteiger partial charge in [-0.2, -0.15) is 5.10 Å². The van der Waals surface area contributed by atoms with Crippen LogP contribution in [-0.4, -0.2) is 42.0 Å². The number of carbonyl (C=O) groups is 1. The molecule has 6 rings (SSSR count). The van der Waals surface area contributed by atoms with Gasteiger partial charge in [0.05, 0.1) is 29.3 Å². The van der Waals surface area contributed by atoms with Crippen LogP contribution in [0.2, 0.25) is 10.0 Å².